The van der Waals surface area contributed by atoms with Crippen molar-refractivity contribution in [1.82, 2.24) is 10.6 Å². The van der Waals surface area contributed by atoms with Crippen LogP contribution in [0.1, 0.15) is 27.7 Å². The molecule has 0 aromatic heterocycles. The van der Waals surface area contributed by atoms with E-state index in [1.54, 1.807) is 0 Å². The number of nitrogens with one attached hydrogen (secondary N) is 2. The van der Waals surface area contributed by atoms with Crippen LogP contribution in [0.25, 0.3) is 0 Å². The quantitative estimate of drug-likeness (QED) is 0.190. The molecular formula is C19H34IN3O2S. The first kappa shape index (κ1) is 25.5. The van der Waals surface area contributed by atoms with E-state index in [1.165, 1.54) is 4.90 Å². The van der Waals surface area contributed by atoms with Crippen molar-refractivity contribution in [3.63, 3.8) is 0 Å². The second kappa shape index (κ2) is 15.5. The molecule has 2 unspecified atom stereocenters. The third-order valence-electron chi connectivity index (χ3n) is 3.20. The highest BCUT2D eigenvalue weighted by atomic mass is 127. The third-order valence-corrected chi connectivity index (χ3v) is 4.32. The fourth-order valence-corrected chi connectivity index (χ4v) is 2.99. The van der Waals surface area contributed by atoms with Gasteiger partial charge >= 0.3 is 0 Å². The number of halogens is 1. The third kappa shape index (κ3) is 12.8. The van der Waals surface area contributed by atoms with Crippen molar-refractivity contribution >= 4 is 41.7 Å². The van der Waals surface area contributed by atoms with E-state index in [4.69, 9.17) is 4.74 Å². The van der Waals surface area contributed by atoms with Gasteiger partial charge in [-0.25, -0.2) is 0 Å². The molecule has 7 heteroatoms. The first-order chi connectivity index (χ1) is 12.0. The average Bonchev–Trinajstić information content (AvgIpc) is 2.58. The van der Waals surface area contributed by atoms with Gasteiger partial charge in [0.1, 0.15) is 0 Å². The Kier molecular flexibility index (Phi) is 15.2. The SMILES string of the molecule is CCNC(=NCC(O)COCC(C)C)NCC(C)Sc1ccccc1.I. The number of ether oxygens (including phenoxy) is 1. The molecular weight excluding hydrogens is 461 g/mol. The normalized spacial score (nSPS) is 13.8. The monoisotopic (exact) mass is 495 g/mol. The highest BCUT2D eigenvalue weighted by Gasteiger charge is 2.08. The van der Waals surface area contributed by atoms with E-state index in [-0.39, 0.29) is 24.0 Å². The van der Waals surface area contributed by atoms with Crippen LogP contribution in [0.5, 0.6) is 0 Å². The molecule has 1 rings (SSSR count). The van der Waals surface area contributed by atoms with Gasteiger partial charge in [-0.05, 0) is 25.0 Å². The number of aliphatic imine (C=N–C) groups is 1. The molecule has 0 amide bonds. The molecule has 1 aromatic carbocycles. The summed E-state index contributed by atoms with van der Waals surface area (Å²) >= 11 is 1.83. The number of nitrogens with zero attached hydrogens (tertiary/aromatic N) is 1. The topological polar surface area (TPSA) is 65.9 Å². The van der Waals surface area contributed by atoms with Crippen molar-refractivity contribution in [2.45, 2.75) is 43.9 Å². The summed E-state index contributed by atoms with van der Waals surface area (Å²) in [5, 5.41) is 16.9. The van der Waals surface area contributed by atoms with E-state index in [2.05, 4.69) is 60.7 Å². The Morgan fingerprint density at radius 1 is 1.15 bits per heavy atom. The standard InChI is InChI=1S/C19H33N3O2S.HI/c1-5-20-19(22-12-17(23)14-24-13-15(2)3)21-11-16(4)25-18-9-7-6-8-10-18;/h6-10,15-17,23H,5,11-14H2,1-4H3,(H2,20,21,22);1H. The second-order valence-electron chi connectivity index (χ2n) is 6.43. The van der Waals surface area contributed by atoms with E-state index < -0.39 is 6.10 Å². The van der Waals surface area contributed by atoms with Crippen LogP contribution in [-0.2, 0) is 4.74 Å². The molecule has 0 heterocycles. The molecule has 0 spiro atoms. The Balaban J connectivity index is 0.00000625. The van der Waals surface area contributed by atoms with Crippen molar-refractivity contribution in [1.29, 1.82) is 0 Å². The summed E-state index contributed by atoms with van der Waals surface area (Å²) in [6.45, 7) is 11.3. The predicted molar refractivity (Wildman–Crippen MR) is 123 cm³/mol. The highest BCUT2D eigenvalue weighted by Crippen LogP contribution is 2.21. The number of guanidine groups is 1. The fraction of sp³-hybridized carbons (Fsp3) is 0.632. The van der Waals surface area contributed by atoms with Crippen molar-refractivity contribution in [3.8, 4) is 0 Å². The lowest BCUT2D eigenvalue weighted by Gasteiger charge is -2.16. The number of thioether (sulfide) groups is 1. The molecule has 0 saturated heterocycles. The summed E-state index contributed by atoms with van der Waals surface area (Å²) in [5.41, 5.74) is 0. The summed E-state index contributed by atoms with van der Waals surface area (Å²) in [5.74, 6) is 1.20. The molecule has 2 atom stereocenters. The van der Waals surface area contributed by atoms with Gasteiger partial charge < -0.3 is 20.5 Å². The van der Waals surface area contributed by atoms with Crippen LogP contribution >= 0.6 is 35.7 Å². The number of aliphatic hydroxyl groups excluding tert-OH is 1. The lowest BCUT2D eigenvalue weighted by atomic mass is 10.2. The Morgan fingerprint density at radius 3 is 2.46 bits per heavy atom. The maximum Gasteiger partial charge on any atom is 0.191 e. The van der Waals surface area contributed by atoms with Crippen LogP contribution in [0.15, 0.2) is 40.2 Å². The molecule has 0 radical (unpaired) electrons. The Hall–Kier alpha value is -0.510. The maximum absolute atomic E-state index is 9.96. The zero-order chi connectivity index (χ0) is 18.5. The van der Waals surface area contributed by atoms with Gasteiger partial charge in [-0.15, -0.1) is 35.7 Å². The van der Waals surface area contributed by atoms with Gasteiger partial charge in [-0.1, -0.05) is 39.0 Å². The molecule has 0 aliphatic heterocycles. The van der Waals surface area contributed by atoms with Gasteiger partial charge in [-0.3, -0.25) is 4.99 Å². The number of benzene rings is 1. The van der Waals surface area contributed by atoms with E-state index in [0.717, 1.165) is 19.0 Å². The largest absolute Gasteiger partial charge is 0.389 e. The van der Waals surface area contributed by atoms with E-state index in [0.29, 0.717) is 30.9 Å². The number of hydrogen-bond donors (Lipinski definition) is 3. The van der Waals surface area contributed by atoms with E-state index >= 15 is 0 Å². The molecule has 26 heavy (non-hydrogen) atoms. The zero-order valence-electron chi connectivity index (χ0n) is 16.3. The molecule has 0 aliphatic rings. The van der Waals surface area contributed by atoms with Crippen molar-refractivity contribution in [2.24, 2.45) is 10.9 Å². The predicted octanol–water partition coefficient (Wildman–Crippen LogP) is 3.37. The van der Waals surface area contributed by atoms with Gasteiger partial charge in [-0.2, -0.15) is 0 Å². The molecule has 0 fully saturated rings. The summed E-state index contributed by atoms with van der Waals surface area (Å²) in [4.78, 5) is 5.71. The van der Waals surface area contributed by atoms with Gasteiger partial charge in [0.15, 0.2) is 5.96 Å². The second-order valence-corrected chi connectivity index (χ2v) is 7.94. The summed E-state index contributed by atoms with van der Waals surface area (Å²) < 4.78 is 5.45. The molecule has 0 saturated carbocycles. The van der Waals surface area contributed by atoms with Gasteiger partial charge in [0.25, 0.3) is 0 Å². The maximum atomic E-state index is 9.96. The minimum atomic E-state index is -0.578. The summed E-state index contributed by atoms with van der Waals surface area (Å²) in [6, 6.07) is 10.4. The fourth-order valence-electron chi connectivity index (χ4n) is 2.04. The van der Waals surface area contributed by atoms with E-state index in [1.807, 2.05) is 24.8 Å². The summed E-state index contributed by atoms with van der Waals surface area (Å²) in [7, 11) is 0. The molecule has 1 aromatic rings. The van der Waals surface area contributed by atoms with Gasteiger partial charge in [0.05, 0.1) is 19.3 Å². The van der Waals surface area contributed by atoms with Crippen LogP contribution in [0.4, 0.5) is 0 Å². The van der Waals surface area contributed by atoms with Gasteiger partial charge in [0, 0.05) is 29.8 Å². The number of aliphatic hydroxyl groups is 1. The molecule has 0 bridgehead atoms. The minimum Gasteiger partial charge on any atom is -0.389 e. The van der Waals surface area contributed by atoms with Crippen molar-refractivity contribution in [2.75, 3.05) is 32.8 Å². The Labute approximate surface area is 179 Å². The van der Waals surface area contributed by atoms with Gasteiger partial charge in [0.2, 0.25) is 0 Å². The van der Waals surface area contributed by atoms with Crippen LogP contribution in [0, 0.1) is 5.92 Å². The van der Waals surface area contributed by atoms with Crippen LogP contribution < -0.4 is 10.6 Å². The van der Waals surface area contributed by atoms with Crippen LogP contribution in [0.2, 0.25) is 0 Å². The van der Waals surface area contributed by atoms with Crippen molar-refractivity contribution < 1.29 is 9.84 Å². The number of rotatable bonds is 11. The minimum absolute atomic E-state index is 0. The highest BCUT2D eigenvalue weighted by molar-refractivity contribution is 14.0. The lowest BCUT2D eigenvalue weighted by Crippen LogP contribution is -2.40. The molecule has 0 aliphatic carbocycles. The van der Waals surface area contributed by atoms with Crippen LogP contribution in [-0.4, -0.2) is 55.3 Å². The molecule has 150 valence electrons. The Bertz CT molecular complexity index is 489. The first-order valence-electron chi connectivity index (χ1n) is 9.01. The smallest absolute Gasteiger partial charge is 0.191 e. The average molecular weight is 495 g/mol. The van der Waals surface area contributed by atoms with Crippen LogP contribution in [0.3, 0.4) is 0 Å². The Morgan fingerprint density at radius 2 is 1.85 bits per heavy atom. The molecule has 3 N–H and O–H groups in total. The first-order valence-corrected chi connectivity index (χ1v) is 9.88. The number of hydrogen-bond acceptors (Lipinski definition) is 4. The van der Waals surface area contributed by atoms with E-state index in [9.17, 15) is 5.11 Å². The van der Waals surface area contributed by atoms with Crippen molar-refractivity contribution in [3.05, 3.63) is 30.3 Å². The molecule has 5 nitrogen and oxygen atoms in total. The lowest BCUT2D eigenvalue weighted by molar-refractivity contribution is 0.0301. The zero-order valence-corrected chi connectivity index (χ0v) is 19.4. The summed E-state index contributed by atoms with van der Waals surface area (Å²) in [6.07, 6.45) is -0.578.